The molecular formula is C33H38N4O6. The van der Waals surface area contributed by atoms with Gasteiger partial charge in [-0.3, -0.25) is 14.5 Å². The quantitative estimate of drug-likeness (QED) is 0.276. The minimum Gasteiger partial charge on any atom is -0.497 e. The highest BCUT2D eigenvalue weighted by Gasteiger charge is 2.56. The van der Waals surface area contributed by atoms with Crippen LogP contribution in [0.5, 0.6) is 5.75 Å². The molecule has 0 saturated carbocycles. The summed E-state index contributed by atoms with van der Waals surface area (Å²) in [5, 5.41) is 9.32. The van der Waals surface area contributed by atoms with Gasteiger partial charge < -0.3 is 19.5 Å². The van der Waals surface area contributed by atoms with Crippen LogP contribution in [-0.2, 0) is 19.1 Å². The molecule has 2 aliphatic rings. The first-order valence-electron chi connectivity index (χ1n) is 14.5. The third kappa shape index (κ3) is 6.60. The van der Waals surface area contributed by atoms with Gasteiger partial charge in [-0.2, -0.15) is 5.10 Å². The molecule has 1 saturated heterocycles. The van der Waals surface area contributed by atoms with Gasteiger partial charge in [-0.05, 0) is 54.4 Å². The topological polar surface area (TPSA) is 110 Å². The Bertz CT molecular complexity index is 1430. The molecule has 10 heteroatoms. The van der Waals surface area contributed by atoms with E-state index in [4.69, 9.17) is 14.2 Å². The number of nitrogens with zero attached hydrogens (tertiary/aromatic N) is 3. The summed E-state index contributed by atoms with van der Waals surface area (Å²) in [6, 6.07) is 21.8. The number of methoxy groups -OCH3 is 1. The van der Waals surface area contributed by atoms with E-state index >= 15 is 0 Å². The van der Waals surface area contributed by atoms with E-state index in [0.29, 0.717) is 49.0 Å². The zero-order valence-electron chi connectivity index (χ0n) is 25.0. The molecule has 1 atom stereocenters. The normalized spacial score (nSPS) is 18.1. The molecule has 0 aliphatic carbocycles. The predicted octanol–water partition coefficient (Wildman–Crippen LogP) is 5.00. The average molecular weight is 587 g/mol. The number of anilines is 2. The van der Waals surface area contributed by atoms with E-state index in [0.717, 1.165) is 17.4 Å². The lowest BCUT2D eigenvalue weighted by Gasteiger charge is -2.46. The zero-order valence-corrected chi connectivity index (χ0v) is 25.0. The van der Waals surface area contributed by atoms with Crippen molar-refractivity contribution in [2.75, 3.05) is 50.3 Å². The van der Waals surface area contributed by atoms with Gasteiger partial charge in [0, 0.05) is 30.8 Å². The molecule has 5 rings (SSSR count). The van der Waals surface area contributed by atoms with Crippen LogP contribution < -0.4 is 15.1 Å². The van der Waals surface area contributed by atoms with Crippen LogP contribution in [0.4, 0.5) is 11.4 Å². The first kappa shape index (κ1) is 31.4. The second-order valence-corrected chi connectivity index (χ2v) is 9.61. The van der Waals surface area contributed by atoms with Crippen molar-refractivity contribution in [1.29, 1.82) is 0 Å². The van der Waals surface area contributed by atoms with Gasteiger partial charge in [0.1, 0.15) is 5.75 Å². The van der Waals surface area contributed by atoms with Gasteiger partial charge in [-0.25, -0.2) is 9.80 Å². The van der Waals surface area contributed by atoms with Crippen LogP contribution in [0.1, 0.15) is 37.6 Å². The number of hydrazone groups is 1. The van der Waals surface area contributed by atoms with E-state index in [-0.39, 0.29) is 24.6 Å². The number of amides is 1. The fourth-order valence-electron chi connectivity index (χ4n) is 5.20. The molecule has 1 N–H and O–H groups in total. The number of benzene rings is 3. The van der Waals surface area contributed by atoms with Crippen molar-refractivity contribution < 1.29 is 28.6 Å². The van der Waals surface area contributed by atoms with Gasteiger partial charge in [-0.1, -0.05) is 50.2 Å². The third-order valence-electron chi connectivity index (χ3n) is 7.25. The number of hydrogen-bond acceptors (Lipinski definition) is 9. The molecule has 0 radical (unpaired) electrons. The Morgan fingerprint density at radius 2 is 1.67 bits per heavy atom. The van der Waals surface area contributed by atoms with Gasteiger partial charge in [0.2, 0.25) is 5.66 Å². The lowest BCUT2D eigenvalue weighted by Crippen LogP contribution is -2.66. The molecule has 0 aromatic heterocycles. The number of nitrogens with one attached hydrogen (secondary N) is 1. The van der Waals surface area contributed by atoms with Crippen molar-refractivity contribution in [1.82, 2.24) is 4.90 Å². The Morgan fingerprint density at radius 1 is 1.00 bits per heavy atom. The standard InChI is InChI=1S/C31H32N4O6.C2H6/c1-3-41-29(37)28-20-31(34-16-18-40-19-17-34,35(33-28)25-12-14-26(39-2)15-13-25)30(38)32-24-10-8-22(9-11-24)27-7-5-4-6-23(27)21-36;1-2/h4-15,21H,3,16-20H2,1-2H3,(H,32,38);1-2H3/t31-;/m1./s1. The van der Waals surface area contributed by atoms with E-state index in [2.05, 4.69) is 10.4 Å². The highest BCUT2D eigenvalue weighted by Crippen LogP contribution is 2.39. The minimum atomic E-state index is -1.36. The van der Waals surface area contributed by atoms with Crippen LogP contribution in [0, 0.1) is 0 Å². The van der Waals surface area contributed by atoms with Crippen LogP contribution >= 0.6 is 0 Å². The summed E-state index contributed by atoms with van der Waals surface area (Å²) >= 11 is 0. The molecule has 1 fully saturated rings. The first-order chi connectivity index (χ1) is 21.0. The number of rotatable bonds is 9. The fraction of sp³-hybridized carbons (Fsp3) is 0.333. The van der Waals surface area contributed by atoms with E-state index in [1.54, 1.807) is 61.5 Å². The van der Waals surface area contributed by atoms with Crippen molar-refractivity contribution in [2.45, 2.75) is 32.9 Å². The summed E-state index contributed by atoms with van der Waals surface area (Å²) in [4.78, 5) is 40.8. The maximum absolute atomic E-state index is 14.4. The molecular weight excluding hydrogens is 548 g/mol. The highest BCUT2D eigenvalue weighted by molar-refractivity contribution is 6.38. The SMILES string of the molecule is CC.CCOC(=O)C1=NN(c2ccc(OC)cc2)[C@](C(=O)Nc2ccc(-c3ccccc3C=O)cc2)(N2CCOCC2)C1. The minimum absolute atomic E-state index is 0.0223. The molecule has 226 valence electrons. The highest BCUT2D eigenvalue weighted by atomic mass is 16.5. The second-order valence-electron chi connectivity index (χ2n) is 9.61. The lowest BCUT2D eigenvalue weighted by molar-refractivity contribution is -0.135. The number of ether oxygens (including phenoxy) is 3. The molecule has 3 aromatic carbocycles. The monoisotopic (exact) mass is 586 g/mol. The Kier molecular flexibility index (Phi) is 10.6. The van der Waals surface area contributed by atoms with Crippen LogP contribution in [0.2, 0.25) is 0 Å². The summed E-state index contributed by atoms with van der Waals surface area (Å²) in [6.07, 6.45) is 0.848. The second kappa shape index (κ2) is 14.6. The zero-order chi connectivity index (χ0) is 30.8. The summed E-state index contributed by atoms with van der Waals surface area (Å²) in [5.74, 6) is -0.258. The maximum Gasteiger partial charge on any atom is 0.354 e. The number of carbonyl (C=O) groups excluding carboxylic acids is 3. The molecule has 1 amide bonds. The lowest BCUT2D eigenvalue weighted by atomic mass is 9.97. The Hall–Kier alpha value is -4.54. The number of carbonyl (C=O) groups is 3. The van der Waals surface area contributed by atoms with Crippen molar-refractivity contribution in [3.05, 3.63) is 78.4 Å². The largest absolute Gasteiger partial charge is 0.497 e. The first-order valence-corrected chi connectivity index (χ1v) is 14.5. The number of esters is 1. The van der Waals surface area contributed by atoms with Gasteiger partial charge >= 0.3 is 5.97 Å². The predicted molar refractivity (Wildman–Crippen MR) is 167 cm³/mol. The Balaban J connectivity index is 0.00000207. The number of aldehydes is 1. The molecule has 3 aromatic rings. The molecule has 10 nitrogen and oxygen atoms in total. The van der Waals surface area contributed by atoms with Gasteiger partial charge in [-0.15, -0.1) is 0 Å². The molecule has 2 aliphatic heterocycles. The summed E-state index contributed by atoms with van der Waals surface area (Å²) in [5.41, 5.74) is 2.22. The summed E-state index contributed by atoms with van der Waals surface area (Å²) in [6.45, 7) is 7.72. The van der Waals surface area contributed by atoms with Crippen LogP contribution in [0.3, 0.4) is 0 Å². The van der Waals surface area contributed by atoms with Gasteiger partial charge in [0.15, 0.2) is 12.0 Å². The number of morpholine rings is 1. The number of hydrogen-bond donors (Lipinski definition) is 1. The molecule has 0 spiro atoms. The summed E-state index contributed by atoms with van der Waals surface area (Å²) < 4.78 is 16.2. The van der Waals surface area contributed by atoms with E-state index in [1.807, 2.05) is 49.1 Å². The van der Waals surface area contributed by atoms with Crippen LogP contribution in [-0.4, -0.2) is 74.5 Å². The third-order valence-corrected chi connectivity index (χ3v) is 7.25. The maximum atomic E-state index is 14.4. The average Bonchev–Trinajstić information content (AvgIpc) is 3.49. The Labute approximate surface area is 252 Å². The van der Waals surface area contributed by atoms with Gasteiger partial charge in [0.25, 0.3) is 5.91 Å². The van der Waals surface area contributed by atoms with Gasteiger partial charge in [0.05, 0.1) is 32.6 Å². The smallest absolute Gasteiger partial charge is 0.354 e. The molecule has 43 heavy (non-hydrogen) atoms. The molecule has 0 unspecified atom stereocenters. The fourth-order valence-corrected chi connectivity index (χ4v) is 5.20. The molecule has 0 bridgehead atoms. The summed E-state index contributed by atoms with van der Waals surface area (Å²) in [7, 11) is 1.58. The van der Waals surface area contributed by atoms with E-state index in [1.165, 1.54) is 0 Å². The van der Waals surface area contributed by atoms with Crippen molar-refractivity contribution in [3.63, 3.8) is 0 Å². The van der Waals surface area contributed by atoms with E-state index in [9.17, 15) is 14.4 Å². The Morgan fingerprint density at radius 3 is 2.30 bits per heavy atom. The van der Waals surface area contributed by atoms with Crippen molar-refractivity contribution in [2.24, 2.45) is 5.10 Å². The van der Waals surface area contributed by atoms with Crippen LogP contribution in [0.25, 0.3) is 11.1 Å². The van der Waals surface area contributed by atoms with Crippen LogP contribution in [0.15, 0.2) is 77.9 Å². The molecule has 2 heterocycles. The van der Waals surface area contributed by atoms with E-state index < -0.39 is 11.6 Å². The van der Waals surface area contributed by atoms with Crippen molar-refractivity contribution in [3.8, 4) is 16.9 Å². The van der Waals surface area contributed by atoms with Crippen molar-refractivity contribution >= 4 is 35.2 Å².